The van der Waals surface area contributed by atoms with Crippen LogP contribution >= 0.6 is 0 Å². The minimum atomic E-state index is -2.79. The summed E-state index contributed by atoms with van der Waals surface area (Å²) in [6, 6.07) is 0. The molecule has 0 atom stereocenters. The van der Waals surface area contributed by atoms with Crippen LogP contribution in [0.15, 0.2) is 0 Å². The molecule has 3 nitrogen and oxygen atoms in total. The summed E-state index contributed by atoms with van der Waals surface area (Å²) in [6.45, 7) is 1.58. The number of hydrogen-bond donors (Lipinski definition) is 1. The van der Waals surface area contributed by atoms with Gasteiger partial charge in [0, 0.05) is 12.8 Å². The number of rotatable bonds is 6. The SMILES string of the molecule is CS(=O)(=O)CCNCCC1CCCC1. The van der Waals surface area contributed by atoms with Crippen molar-refractivity contribution < 1.29 is 8.42 Å². The molecule has 4 heteroatoms. The molecule has 0 bridgehead atoms. The minimum absolute atomic E-state index is 0.262. The van der Waals surface area contributed by atoms with Crippen molar-refractivity contribution in [2.45, 2.75) is 32.1 Å². The van der Waals surface area contributed by atoms with Crippen molar-refractivity contribution in [2.24, 2.45) is 5.92 Å². The van der Waals surface area contributed by atoms with Gasteiger partial charge in [0.1, 0.15) is 9.84 Å². The molecule has 0 amide bonds. The fraction of sp³-hybridized carbons (Fsp3) is 1.00. The molecular formula is C10H21NO2S. The molecule has 84 valence electrons. The van der Waals surface area contributed by atoms with Gasteiger partial charge in [-0.05, 0) is 18.9 Å². The standard InChI is InChI=1S/C10H21NO2S/c1-14(12,13)9-8-11-7-6-10-4-2-3-5-10/h10-11H,2-9H2,1H3. The molecule has 1 aliphatic rings. The van der Waals surface area contributed by atoms with E-state index in [-0.39, 0.29) is 5.75 Å². The lowest BCUT2D eigenvalue weighted by atomic mass is 10.0. The Labute approximate surface area is 87.2 Å². The van der Waals surface area contributed by atoms with E-state index in [1.165, 1.54) is 38.4 Å². The molecule has 0 aromatic carbocycles. The Balaban J connectivity index is 1.94. The van der Waals surface area contributed by atoms with Gasteiger partial charge in [-0.3, -0.25) is 0 Å². The largest absolute Gasteiger partial charge is 0.316 e. The van der Waals surface area contributed by atoms with Crippen molar-refractivity contribution in [3.63, 3.8) is 0 Å². The van der Waals surface area contributed by atoms with E-state index in [0.29, 0.717) is 6.54 Å². The van der Waals surface area contributed by atoms with Crippen LogP contribution in [0, 0.1) is 5.92 Å². The van der Waals surface area contributed by atoms with Gasteiger partial charge in [-0.25, -0.2) is 8.42 Å². The van der Waals surface area contributed by atoms with E-state index < -0.39 is 9.84 Å². The second-order valence-corrected chi connectivity index (χ2v) is 6.58. The summed E-state index contributed by atoms with van der Waals surface area (Å²) in [5.41, 5.74) is 0. The Morgan fingerprint density at radius 2 is 1.86 bits per heavy atom. The highest BCUT2D eigenvalue weighted by Gasteiger charge is 2.13. The molecule has 1 rings (SSSR count). The third-order valence-corrected chi connectivity index (χ3v) is 3.80. The van der Waals surface area contributed by atoms with Crippen molar-refractivity contribution in [2.75, 3.05) is 25.1 Å². The molecule has 0 heterocycles. The molecule has 0 unspecified atom stereocenters. The van der Waals surface area contributed by atoms with Gasteiger partial charge in [-0.15, -0.1) is 0 Å². The van der Waals surface area contributed by atoms with E-state index in [2.05, 4.69) is 5.32 Å². The molecule has 0 aromatic heterocycles. The smallest absolute Gasteiger partial charge is 0.148 e. The summed E-state index contributed by atoms with van der Waals surface area (Å²) >= 11 is 0. The van der Waals surface area contributed by atoms with Crippen molar-refractivity contribution in [3.8, 4) is 0 Å². The first-order valence-electron chi connectivity index (χ1n) is 5.46. The average molecular weight is 219 g/mol. The van der Waals surface area contributed by atoms with Crippen molar-refractivity contribution in [1.29, 1.82) is 0 Å². The quantitative estimate of drug-likeness (QED) is 0.683. The Kier molecular flexibility index (Phi) is 4.89. The first-order chi connectivity index (χ1) is 6.58. The topological polar surface area (TPSA) is 46.2 Å². The summed E-state index contributed by atoms with van der Waals surface area (Å²) in [5, 5.41) is 3.19. The molecule has 1 fully saturated rings. The van der Waals surface area contributed by atoms with Crippen LogP contribution in [0.3, 0.4) is 0 Å². The maximum Gasteiger partial charge on any atom is 0.148 e. The van der Waals surface area contributed by atoms with Crippen LogP contribution in [0.5, 0.6) is 0 Å². The second-order valence-electron chi connectivity index (χ2n) is 4.32. The van der Waals surface area contributed by atoms with E-state index in [1.54, 1.807) is 0 Å². The predicted molar refractivity (Wildman–Crippen MR) is 59.2 cm³/mol. The van der Waals surface area contributed by atoms with E-state index in [9.17, 15) is 8.42 Å². The molecule has 1 saturated carbocycles. The zero-order chi connectivity index (χ0) is 10.4. The van der Waals surface area contributed by atoms with Crippen LogP contribution in [0.25, 0.3) is 0 Å². The maximum absolute atomic E-state index is 10.8. The van der Waals surface area contributed by atoms with Gasteiger partial charge in [-0.2, -0.15) is 0 Å². The average Bonchev–Trinajstić information content (AvgIpc) is 2.54. The molecule has 1 aliphatic carbocycles. The fourth-order valence-electron chi connectivity index (χ4n) is 1.99. The number of hydrogen-bond acceptors (Lipinski definition) is 3. The zero-order valence-electron chi connectivity index (χ0n) is 8.96. The van der Waals surface area contributed by atoms with Crippen LogP contribution < -0.4 is 5.32 Å². The predicted octanol–water partition coefficient (Wildman–Crippen LogP) is 1.20. The van der Waals surface area contributed by atoms with Gasteiger partial charge < -0.3 is 5.32 Å². The summed E-state index contributed by atoms with van der Waals surface area (Å²) in [5.74, 6) is 1.15. The lowest BCUT2D eigenvalue weighted by molar-refractivity contribution is 0.482. The molecular weight excluding hydrogens is 198 g/mol. The van der Waals surface area contributed by atoms with Crippen LogP contribution in [-0.2, 0) is 9.84 Å². The van der Waals surface area contributed by atoms with Gasteiger partial charge >= 0.3 is 0 Å². The third-order valence-electron chi connectivity index (χ3n) is 2.85. The summed E-state index contributed by atoms with van der Waals surface area (Å²) in [7, 11) is -2.79. The summed E-state index contributed by atoms with van der Waals surface area (Å²) in [4.78, 5) is 0. The summed E-state index contributed by atoms with van der Waals surface area (Å²) < 4.78 is 21.6. The number of nitrogens with one attached hydrogen (secondary N) is 1. The Bertz CT molecular complexity index is 243. The van der Waals surface area contributed by atoms with Crippen LogP contribution in [0.2, 0.25) is 0 Å². The Morgan fingerprint density at radius 1 is 1.21 bits per heavy atom. The van der Waals surface area contributed by atoms with Crippen molar-refractivity contribution in [1.82, 2.24) is 5.32 Å². The highest BCUT2D eigenvalue weighted by molar-refractivity contribution is 7.90. The van der Waals surface area contributed by atoms with Gasteiger partial charge in [0.2, 0.25) is 0 Å². The first kappa shape index (κ1) is 12.0. The lowest BCUT2D eigenvalue weighted by Crippen LogP contribution is -2.24. The van der Waals surface area contributed by atoms with E-state index >= 15 is 0 Å². The van der Waals surface area contributed by atoms with Gasteiger partial charge in [0.25, 0.3) is 0 Å². The molecule has 14 heavy (non-hydrogen) atoms. The molecule has 0 aromatic rings. The highest BCUT2D eigenvalue weighted by Crippen LogP contribution is 2.26. The van der Waals surface area contributed by atoms with E-state index in [4.69, 9.17) is 0 Å². The molecule has 0 aliphatic heterocycles. The summed E-state index contributed by atoms with van der Waals surface area (Å²) in [6.07, 6.45) is 8.00. The highest BCUT2D eigenvalue weighted by atomic mass is 32.2. The Hall–Kier alpha value is -0.0900. The lowest BCUT2D eigenvalue weighted by Gasteiger charge is -2.08. The maximum atomic E-state index is 10.8. The van der Waals surface area contributed by atoms with Gasteiger partial charge in [0.15, 0.2) is 0 Å². The van der Waals surface area contributed by atoms with Crippen LogP contribution in [0.4, 0.5) is 0 Å². The van der Waals surface area contributed by atoms with Crippen LogP contribution in [0.1, 0.15) is 32.1 Å². The second kappa shape index (κ2) is 5.71. The normalized spacial score (nSPS) is 18.9. The zero-order valence-corrected chi connectivity index (χ0v) is 9.78. The molecule has 0 saturated heterocycles. The van der Waals surface area contributed by atoms with Crippen molar-refractivity contribution in [3.05, 3.63) is 0 Å². The van der Waals surface area contributed by atoms with E-state index in [1.807, 2.05) is 0 Å². The van der Waals surface area contributed by atoms with Gasteiger partial charge in [0.05, 0.1) is 5.75 Å². The molecule has 1 N–H and O–H groups in total. The van der Waals surface area contributed by atoms with Gasteiger partial charge in [-0.1, -0.05) is 25.7 Å². The Morgan fingerprint density at radius 3 is 2.43 bits per heavy atom. The van der Waals surface area contributed by atoms with E-state index in [0.717, 1.165) is 12.5 Å². The fourth-order valence-corrected chi connectivity index (χ4v) is 2.50. The monoisotopic (exact) mass is 219 g/mol. The number of sulfone groups is 1. The molecule has 0 spiro atoms. The van der Waals surface area contributed by atoms with Crippen LogP contribution in [-0.4, -0.2) is 33.5 Å². The minimum Gasteiger partial charge on any atom is -0.316 e. The first-order valence-corrected chi connectivity index (χ1v) is 7.52. The van der Waals surface area contributed by atoms with Crippen molar-refractivity contribution >= 4 is 9.84 Å². The third kappa shape index (κ3) is 5.60. The molecule has 0 radical (unpaired) electrons.